The second-order valence-corrected chi connectivity index (χ2v) is 9.57. The van der Waals surface area contributed by atoms with Crippen LogP contribution >= 0.6 is 0 Å². The Bertz CT molecular complexity index is 684. The zero-order valence-electron chi connectivity index (χ0n) is 21.4. The average Bonchev–Trinajstić information content (AvgIpc) is 2.67. The van der Waals surface area contributed by atoms with Crippen molar-refractivity contribution < 1.29 is 4.74 Å². The van der Waals surface area contributed by atoms with E-state index in [2.05, 4.69) is 78.0 Å². The van der Waals surface area contributed by atoms with E-state index in [0.717, 1.165) is 19.6 Å². The summed E-state index contributed by atoms with van der Waals surface area (Å²) in [5.74, 6) is 0. The Morgan fingerprint density at radius 3 is 1.32 bits per heavy atom. The molecule has 1 heterocycles. The van der Waals surface area contributed by atoms with Crippen LogP contribution in [0, 0.1) is 0 Å². The zero-order chi connectivity index (χ0) is 22.9. The van der Waals surface area contributed by atoms with Gasteiger partial charge in [0, 0.05) is 0 Å². The predicted molar refractivity (Wildman–Crippen MR) is 140 cm³/mol. The SMILES string of the molecule is CC(C)=CCCC(C)=CCCC(C)=CCCC=C(C)CCC=C(C)CCC=C1COC1. The molecular weight excluding hydrogens is 376 g/mol. The molecule has 0 atom stereocenters. The molecule has 0 saturated carbocycles. The van der Waals surface area contributed by atoms with Gasteiger partial charge in [0.15, 0.2) is 0 Å². The Hall–Kier alpha value is -1.60. The van der Waals surface area contributed by atoms with E-state index in [1.807, 2.05) is 0 Å². The van der Waals surface area contributed by atoms with Crippen molar-refractivity contribution in [1.29, 1.82) is 0 Å². The summed E-state index contributed by atoms with van der Waals surface area (Å²) in [7, 11) is 0. The van der Waals surface area contributed by atoms with Gasteiger partial charge in [-0.1, -0.05) is 64.3 Å². The van der Waals surface area contributed by atoms with E-state index in [1.165, 1.54) is 91.2 Å². The lowest BCUT2D eigenvalue weighted by Crippen LogP contribution is -2.15. The molecule has 0 amide bonds. The summed E-state index contributed by atoms with van der Waals surface area (Å²) in [6.07, 6.45) is 26.2. The molecule has 1 fully saturated rings. The van der Waals surface area contributed by atoms with Crippen molar-refractivity contribution in [3.63, 3.8) is 0 Å². The molecule has 174 valence electrons. The highest BCUT2D eigenvalue weighted by atomic mass is 16.5. The Labute approximate surface area is 193 Å². The van der Waals surface area contributed by atoms with Gasteiger partial charge in [-0.15, -0.1) is 0 Å². The van der Waals surface area contributed by atoms with Gasteiger partial charge in [-0.25, -0.2) is 0 Å². The van der Waals surface area contributed by atoms with Gasteiger partial charge < -0.3 is 4.74 Å². The predicted octanol–water partition coefficient (Wildman–Crippen LogP) is 9.60. The van der Waals surface area contributed by atoms with Crippen molar-refractivity contribution in [3.8, 4) is 0 Å². The van der Waals surface area contributed by atoms with Crippen molar-refractivity contribution in [2.45, 2.75) is 106 Å². The highest BCUT2D eigenvalue weighted by Gasteiger charge is 2.06. The van der Waals surface area contributed by atoms with Crippen molar-refractivity contribution >= 4 is 0 Å². The number of rotatable bonds is 15. The highest BCUT2D eigenvalue weighted by molar-refractivity contribution is 5.11. The van der Waals surface area contributed by atoms with Gasteiger partial charge in [-0.2, -0.15) is 0 Å². The number of ether oxygens (including phenoxy) is 1. The summed E-state index contributed by atoms with van der Waals surface area (Å²) in [5.41, 5.74) is 8.99. The molecule has 1 aliphatic heterocycles. The van der Waals surface area contributed by atoms with Crippen molar-refractivity contribution in [2.75, 3.05) is 13.2 Å². The topological polar surface area (TPSA) is 9.23 Å². The third kappa shape index (κ3) is 15.8. The van der Waals surface area contributed by atoms with Crippen LogP contribution in [-0.4, -0.2) is 13.2 Å². The van der Waals surface area contributed by atoms with Crippen LogP contribution in [0.4, 0.5) is 0 Å². The van der Waals surface area contributed by atoms with E-state index in [4.69, 9.17) is 4.74 Å². The van der Waals surface area contributed by atoms with Gasteiger partial charge in [-0.3, -0.25) is 0 Å². The Morgan fingerprint density at radius 1 is 0.548 bits per heavy atom. The molecule has 1 heteroatoms. The largest absolute Gasteiger partial charge is 0.373 e. The molecule has 0 radical (unpaired) electrons. The van der Waals surface area contributed by atoms with Crippen molar-refractivity contribution in [1.82, 2.24) is 0 Å². The molecule has 0 spiro atoms. The Kier molecular flexibility index (Phi) is 15.1. The van der Waals surface area contributed by atoms with Gasteiger partial charge in [0.2, 0.25) is 0 Å². The summed E-state index contributed by atoms with van der Waals surface area (Å²) >= 11 is 0. The second-order valence-electron chi connectivity index (χ2n) is 9.57. The molecule has 0 bridgehead atoms. The maximum Gasteiger partial charge on any atom is 0.0703 e. The van der Waals surface area contributed by atoms with Crippen LogP contribution in [0.25, 0.3) is 0 Å². The number of hydrogen-bond donors (Lipinski definition) is 0. The molecule has 0 aliphatic carbocycles. The van der Waals surface area contributed by atoms with Crippen LogP contribution in [0.1, 0.15) is 106 Å². The van der Waals surface area contributed by atoms with Gasteiger partial charge >= 0.3 is 0 Å². The van der Waals surface area contributed by atoms with E-state index in [1.54, 1.807) is 0 Å². The molecule has 1 rings (SSSR count). The third-order valence-corrected chi connectivity index (χ3v) is 5.85. The lowest BCUT2D eigenvalue weighted by atomic mass is 10.0. The summed E-state index contributed by atoms with van der Waals surface area (Å²) in [6.45, 7) is 15.2. The molecule has 0 aromatic rings. The minimum absolute atomic E-state index is 0.856. The first-order valence-electron chi connectivity index (χ1n) is 12.4. The van der Waals surface area contributed by atoms with E-state index >= 15 is 0 Å². The van der Waals surface area contributed by atoms with Crippen molar-refractivity contribution in [3.05, 3.63) is 69.9 Å². The minimum Gasteiger partial charge on any atom is -0.373 e. The molecular formula is C30H48O. The molecule has 31 heavy (non-hydrogen) atoms. The average molecular weight is 425 g/mol. The van der Waals surface area contributed by atoms with Crippen LogP contribution in [0.5, 0.6) is 0 Å². The highest BCUT2D eigenvalue weighted by Crippen LogP contribution is 2.15. The minimum atomic E-state index is 0.856. The normalized spacial score (nSPS) is 15.7. The molecule has 1 nitrogen and oxygen atoms in total. The third-order valence-electron chi connectivity index (χ3n) is 5.85. The lowest BCUT2D eigenvalue weighted by Gasteiger charge is -2.17. The van der Waals surface area contributed by atoms with Crippen LogP contribution in [0.2, 0.25) is 0 Å². The maximum absolute atomic E-state index is 5.18. The number of hydrogen-bond acceptors (Lipinski definition) is 1. The fraction of sp³-hybridized carbons (Fsp3) is 0.600. The van der Waals surface area contributed by atoms with Gasteiger partial charge in [0.25, 0.3) is 0 Å². The molecule has 0 aromatic heterocycles. The summed E-state index contributed by atoms with van der Waals surface area (Å²) in [4.78, 5) is 0. The summed E-state index contributed by atoms with van der Waals surface area (Å²) in [5, 5.41) is 0. The first kappa shape index (κ1) is 27.4. The molecule has 1 aliphatic rings. The number of allylic oxidation sites excluding steroid dienone is 11. The first-order valence-corrected chi connectivity index (χ1v) is 12.4. The van der Waals surface area contributed by atoms with Crippen LogP contribution in [0.3, 0.4) is 0 Å². The smallest absolute Gasteiger partial charge is 0.0703 e. The van der Waals surface area contributed by atoms with Crippen molar-refractivity contribution in [2.24, 2.45) is 0 Å². The monoisotopic (exact) mass is 424 g/mol. The van der Waals surface area contributed by atoms with E-state index in [0.29, 0.717) is 0 Å². The summed E-state index contributed by atoms with van der Waals surface area (Å²) < 4.78 is 5.18. The maximum atomic E-state index is 5.18. The van der Waals surface area contributed by atoms with Gasteiger partial charge in [-0.05, 0) is 111 Å². The fourth-order valence-electron chi connectivity index (χ4n) is 3.59. The fourth-order valence-corrected chi connectivity index (χ4v) is 3.59. The molecule has 1 saturated heterocycles. The Balaban J connectivity index is 2.15. The van der Waals surface area contributed by atoms with Gasteiger partial charge in [0.05, 0.1) is 13.2 Å². The second kappa shape index (κ2) is 17.0. The lowest BCUT2D eigenvalue weighted by molar-refractivity contribution is 0.102. The molecule has 0 aromatic carbocycles. The van der Waals surface area contributed by atoms with Gasteiger partial charge in [0.1, 0.15) is 0 Å². The standard InChI is InChI=1S/C30H48O/c1-25(2)13-9-16-28(5)19-10-17-26(3)14-7-8-15-27(4)18-11-20-29(6)21-12-22-30-23-31-24-30/h13-15,19-20,22H,7-12,16-18,21,23-24H2,1-6H3. The van der Waals surface area contributed by atoms with Crippen LogP contribution in [-0.2, 0) is 4.74 Å². The first-order chi connectivity index (χ1) is 14.9. The van der Waals surface area contributed by atoms with Crippen LogP contribution < -0.4 is 0 Å². The number of unbranched alkanes of at least 4 members (excludes halogenated alkanes) is 1. The van der Waals surface area contributed by atoms with E-state index in [-0.39, 0.29) is 0 Å². The quantitative estimate of drug-likeness (QED) is 0.188. The van der Waals surface area contributed by atoms with Crippen LogP contribution in [0.15, 0.2) is 69.9 Å². The Morgan fingerprint density at radius 2 is 0.935 bits per heavy atom. The zero-order valence-corrected chi connectivity index (χ0v) is 21.4. The molecule has 0 N–H and O–H groups in total. The summed E-state index contributed by atoms with van der Waals surface area (Å²) in [6, 6.07) is 0. The van der Waals surface area contributed by atoms with E-state index in [9.17, 15) is 0 Å². The molecule has 0 unspecified atom stereocenters. The van der Waals surface area contributed by atoms with E-state index < -0.39 is 0 Å².